The molecule has 0 unspecified atom stereocenters. The van der Waals surface area contributed by atoms with Crippen LogP contribution in [0.5, 0.6) is 0 Å². The largest absolute Gasteiger partial charge is 0.383 e. The summed E-state index contributed by atoms with van der Waals surface area (Å²) < 4.78 is 1.06. The Hall–Kier alpha value is -3.85. The van der Waals surface area contributed by atoms with Crippen LogP contribution in [0.2, 0.25) is 0 Å². The monoisotopic (exact) mass is 500 g/mol. The number of carbonyl (C=O) groups is 2. The van der Waals surface area contributed by atoms with E-state index in [1.165, 1.54) is 6.20 Å². The summed E-state index contributed by atoms with van der Waals surface area (Å²) >= 11 is 1.59. The van der Waals surface area contributed by atoms with Crippen molar-refractivity contribution in [3.63, 3.8) is 0 Å². The van der Waals surface area contributed by atoms with Gasteiger partial charge in [0.05, 0.1) is 33.8 Å². The van der Waals surface area contributed by atoms with Crippen LogP contribution in [0, 0.1) is 5.92 Å². The highest BCUT2D eigenvalue weighted by molar-refractivity contribution is 7.21. The van der Waals surface area contributed by atoms with E-state index in [-0.39, 0.29) is 6.04 Å². The summed E-state index contributed by atoms with van der Waals surface area (Å²) in [6.45, 7) is 4.59. The van der Waals surface area contributed by atoms with Gasteiger partial charge in [-0.1, -0.05) is 26.0 Å². The SMILES string of the molecule is CCc1cc(NC(=O)C(=O)N2C[C@@H](C)CC[C@@H]2c2ccc3sc(-c4ccccn4)nc3c2)cnc1N. The second-order valence-electron chi connectivity index (χ2n) is 9.19. The molecule has 9 heteroatoms. The van der Waals surface area contributed by atoms with E-state index in [4.69, 9.17) is 10.7 Å². The molecule has 5 rings (SSSR count). The number of aromatic nitrogens is 3. The van der Waals surface area contributed by atoms with E-state index in [2.05, 4.69) is 22.2 Å². The van der Waals surface area contributed by atoms with E-state index in [1.807, 2.05) is 43.3 Å². The number of anilines is 2. The van der Waals surface area contributed by atoms with Crippen molar-refractivity contribution in [3.8, 4) is 10.7 Å². The lowest BCUT2D eigenvalue weighted by Crippen LogP contribution is -2.46. The Morgan fingerprint density at radius 1 is 1.17 bits per heavy atom. The molecule has 0 aliphatic carbocycles. The van der Waals surface area contributed by atoms with Gasteiger partial charge in [0.25, 0.3) is 0 Å². The number of amides is 2. The molecule has 0 saturated carbocycles. The Balaban J connectivity index is 1.40. The van der Waals surface area contributed by atoms with Crippen LogP contribution in [0.25, 0.3) is 20.9 Å². The zero-order valence-corrected chi connectivity index (χ0v) is 21.1. The van der Waals surface area contributed by atoms with Crippen molar-refractivity contribution in [2.45, 2.75) is 39.2 Å². The van der Waals surface area contributed by atoms with Gasteiger partial charge in [-0.15, -0.1) is 11.3 Å². The summed E-state index contributed by atoms with van der Waals surface area (Å²) in [5.74, 6) is -0.485. The fourth-order valence-electron chi connectivity index (χ4n) is 4.66. The summed E-state index contributed by atoms with van der Waals surface area (Å²) in [4.78, 5) is 41.4. The minimum Gasteiger partial charge on any atom is -0.383 e. The maximum atomic E-state index is 13.4. The molecular formula is C27H28N6O2S. The molecule has 4 heterocycles. The predicted octanol–water partition coefficient (Wildman–Crippen LogP) is 4.84. The first-order chi connectivity index (χ1) is 17.4. The molecule has 36 heavy (non-hydrogen) atoms. The van der Waals surface area contributed by atoms with Gasteiger partial charge in [0.15, 0.2) is 0 Å². The van der Waals surface area contributed by atoms with Crippen molar-refractivity contribution in [2.24, 2.45) is 5.92 Å². The van der Waals surface area contributed by atoms with E-state index in [0.29, 0.717) is 30.4 Å². The number of nitrogens with one attached hydrogen (secondary N) is 1. The molecule has 8 nitrogen and oxygen atoms in total. The first-order valence-corrected chi connectivity index (χ1v) is 12.9. The highest BCUT2D eigenvalue weighted by Crippen LogP contribution is 2.36. The van der Waals surface area contributed by atoms with Crippen molar-refractivity contribution in [2.75, 3.05) is 17.6 Å². The maximum Gasteiger partial charge on any atom is 0.313 e. The predicted molar refractivity (Wildman–Crippen MR) is 142 cm³/mol. The summed E-state index contributed by atoms with van der Waals surface area (Å²) in [6.07, 6.45) is 5.68. The number of benzene rings is 1. The molecule has 0 radical (unpaired) electrons. The molecule has 1 fully saturated rings. The molecule has 4 aromatic rings. The molecule has 2 amide bonds. The van der Waals surface area contributed by atoms with E-state index < -0.39 is 11.8 Å². The van der Waals surface area contributed by atoms with Crippen molar-refractivity contribution in [3.05, 3.63) is 66.0 Å². The van der Waals surface area contributed by atoms with Crippen LogP contribution in [-0.2, 0) is 16.0 Å². The molecule has 3 N–H and O–H groups in total. The van der Waals surface area contributed by atoms with Crippen LogP contribution in [0.15, 0.2) is 54.9 Å². The number of fused-ring (bicyclic) bond motifs is 1. The van der Waals surface area contributed by atoms with Crippen LogP contribution >= 0.6 is 11.3 Å². The zero-order valence-electron chi connectivity index (χ0n) is 20.3. The average molecular weight is 501 g/mol. The first kappa shape index (κ1) is 23.9. The minimum atomic E-state index is -0.671. The number of hydrogen-bond acceptors (Lipinski definition) is 7. The Kier molecular flexibility index (Phi) is 6.65. The van der Waals surface area contributed by atoms with Crippen LogP contribution in [0.3, 0.4) is 0 Å². The zero-order chi connectivity index (χ0) is 25.2. The lowest BCUT2D eigenvalue weighted by molar-refractivity contribution is -0.146. The number of piperidine rings is 1. The van der Waals surface area contributed by atoms with E-state index in [9.17, 15) is 9.59 Å². The second kappa shape index (κ2) is 10.0. The third-order valence-corrected chi connectivity index (χ3v) is 7.65. The molecule has 1 saturated heterocycles. The maximum absolute atomic E-state index is 13.4. The van der Waals surface area contributed by atoms with Gasteiger partial charge in [-0.2, -0.15) is 0 Å². The summed E-state index contributed by atoms with van der Waals surface area (Å²) in [5, 5.41) is 3.57. The van der Waals surface area contributed by atoms with Gasteiger partial charge in [-0.25, -0.2) is 9.97 Å². The number of rotatable bonds is 4. The van der Waals surface area contributed by atoms with Gasteiger partial charge < -0.3 is 16.0 Å². The quantitative estimate of drug-likeness (QED) is 0.388. The number of carbonyl (C=O) groups excluding carboxylic acids is 2. The molecule has 2 atom stereocenters. The van der Waals surface area contributed by atoms with Crippen molar-refractivity contribution in [1.82, 2.24) is 19.9 Å². The number of aryl methyl sites for hydroxylation is 1. The molecule has 1 aliphatic rings. The highest BCUT2D eigenvalue weighted by Gasteiger charge is 2.34. The van der Waals surface area contributed by atoms with Crippen LogP contribution in [-0.4, -0.2) is 38.2 Å². The van der Waals surface area contributed by atoms with E-state index >= 15 is 0 Å². The number of nitrogens with zero attached hydrogens (tertiary/aromatic N) is 4. The van der Waals surface area contributed by atoms with Crippen molar-refractivity contribution < 1.29 is 9.59 Å². The van der Waals surface area contributed by atoms with Crippen LogP contribution in [0.1, 0.15) is 43.9 Å². The van der Waals surface area contributed by atoms with E-state index in [0.717, 1.165) is 44.9 Å². The summed E-state index contributed by atoms with van der Waals surface area (Å²) in [5.41, 5.74) is 9.85. The van der Waals surface area contributed by atoms with Gasteiger partial charge >= 0.3 is 11.8 Å². The number of nitrogen functional groups attached to an aromatic ring is 1. The van der Waals surface area contributed by atoms with Crippen molar-refractivity contribution >= 4 is 44.9 Å². The fourth-order valence-corrected chi connectivity index (χ4v) is 5.58. The Morgan fingerprint density at radius 3 is 2.81 bits per heavy atom. The number of hydrogen-bond donors (Lipinski definition) is 2. The highest BCUT2D eigenvalue weighted by atomic mass is 32.1. The number of thiazole rings is 1. The molecule has 3 aromatic heterocycles. The minimum absolute atomic E-state index is 0.195. The topological polar surface area (TPSA) is 114 Å². The van der Waals surface area contributed by atoms with Gasteiger partial charge in [0.2, 0.25) is 0 Å². The van der Waals surface area contributed by atoms with Gasteiger partial charge in [0, 0.05) is 12.7 Å². The average Bonchev–Trinajstić information content (AvgIpc) is 3.33. The smallest absolute Gasteiger partial charge is 0.313 e. The van der Waals surface area contributed by atoms with E-state index in [1.54, 1.807) is 28.5 Å². The molecule has 0 spiro atoms. The second-order valence-corrected chi connectivity index (χ2v) is 10.2. The molecule has 1 aromatic carbocycles. The summed E-state index contributed by atoms with van der Waals surface area (Å²) in [6, 6.07) is 13.5. The standard InChI is InChI=1S/C27H28N6O2S/c1-3-17-12-19(14-30-24(17)28)31-25(34)27(35)33-15-16(2)7-9-22(33)18-8-10-23-21(13-18)32-26(36-23)20-6-4-5-11-29-20/h4-6,8,10-14,16,22H,3,7,9,15H2,1-2H3,(H2,28,30)(H,31,34)/t16-,22+/m0/s1. The number of likely N-dealkylation sites (tertiary alicyclic amines) is 1. The third kappa shape index (κ3) is 4.79. The lowest BCUT2D eigenvalue weighted by Gasteiger charge is -2.38. The molecule has 1 aliphatic heterocycles. The number of nitrogens with two attached hydrogens (primary N) is 1. The number of pyridine rings is 2. The molecular weight excluding hydrogens is 472 g/mol. The normalized spacial score (nSPS) is 17.8. The van der Waals surface area contributed by atoms with Gasteiger partial charge in [-0.3, -0.25) is 14.6 Å². The van der Waals surface area contributed by atoms with Gasteiger partial charge in [0.1, 0.15) is 10.8 Å². The van der Waals surface area contributed by atoms with Crippen molar-refractivity contribution in [1.29, 1.82) is 0 Å². The summed E-state index contributed by atoms with van der Waals surface area (Å²) in [7, 11) is 0. The Morgan fingerprint density at radius 2 is 2.03 bits per heavy atom. The molecule has 0 bridgehead atoms. The lowest BCUT2D eigenvalue weighted by atomic mass is 9.89. The fraction of sp³-hybridized carbons (Fsp3) is 0.296. The first-order valence-electron chi connectivity index (χ1n) is 12.1. The Bertz CT molecular complexity index is 1420. The molecule has 184 valence electrons. The van der Waals surface area contributed by atoms with Crippen LogP contribution in [0.4, 0.5) is 11.5 Å². The van der Waals surface area contributed by atoms with Gasteiger partial charge in [-0.05, 0) is 66.6 Å². The third-order valence-electron chi connectivity index (χ3n) is 6.59. The Labute approximate surface area is 213 Å². The van der Waals surface area contributed by atoms with Crippen LogP contribution < -0.4 is 11.1 Å².